The molecule has 6 nitrogen and oxygen atoms in total. The minimum Gasteiger partial charge on any atom is -0.372 e. The average molecular weight is 425 g/mol. The maximum Gasteiger partial charge on any atom is 0.246 e. The lowest BCUT2D eigenvalue weighted by molar-refractivity contribution is -0.132. The molecule has 3 fully saturated rings. The third-order valence-electron chi connectivity index (χ3n) is 6.78. The van der Waals surface area contributed by atoms with Gasteiger partial charge in [-0.25, -0.2) is 0 Å². The van der Waals surface area contributed by atoms with Crippen molar-refractivity contribution >= 4 is 23.6 Å². The van der Waals surface area contributed by atoms with Crippen LogP contribution in [0.5, 0.6) is 0 Å². The molecule has 31 heavy (non-hydrogen) atoms. The second-order valence-corrected chi connectivity index (χ2v) is 9.02. The number of amides is 2. The number of piperazine rings is 1. The van der Waals surface area contributed by atoms with Gasteiger partial charge >= 0.3 is 0 Å². The fourth-order valence-corrected chi connectivity index (χ4v) is 4.78. The van der Waals surface area contributed by atoms with Crippen molar-refractivity contribution in [2.45, 2.75) is 38.5 Å². The van der Waals surface area contributed by atoms with E-state index in [1.54, 1.807) is 6.08 Å². The second-order valence-electron chi connectivity index (χ2n) is 9.02. The maximum atomic E-state index is 12.6. The molecule has 0 N–H and O–H groups in total. The predicted octanol–water partition coefficient (Wildman–Crippen LogP) is 2.85. The lowest BCUT2D eigenvalue weighted by Gasteiger charge is -2.34. The lowest BCUT2D eigenvalue weighted by Crippen LogP contribution is -2.51. The summed E-state index contributed by atoms with van der Waals surface area (Å²) >= 11 is 0. The minimum atomic E-state index is 0.0575. The topological polar surface area (TPSA) is 47.1 Å². The molecule has 0 aliphatic carbocycles. The van der Waals surface area contributed by atoms with Crippen molar-refractivity contribution in [3.63, 3.8) is 0 Å². The van der Waals surface area contributed by atoms with E-state index in [9.17, 15) is 9.59 Å². The monoisotopic (exact) mass is 424 g/mol. The molecule has 2 amide bonds. The Balaban J connectivity index is 1.22. The van der Waals surface area contributed by atoms with Gasteiger partial charge in [-0.1, -0.05) is 25.0 Å². The van der Waals surface area contributed by atoms with Gasteiger partial charge in [0, 0.05) is 64.1 Å². The van der Waals surface area contributed by atoms with Crippen LogP contribution in [0.1, 0.15) is 44.1 Å². The fourth-order valence-electron chi connectivity index (χ4n) is 4.78. The summed E-state index contributed by atoms with van der Waals surface area (Å²) in [6.45, 7) is 7.48. The first-order valence-electron chi connectivity index (χ1n) is 12.0. The van der Waals surface area contributed by atoms with E-state index in [0.717, 1.165) is 57.7 Å². The summed E-state index contributed by atoms with van der Waals surface area (Å²) < 4.78 is 0. The van der Waals surface area contributed by atoms with Gasteiger partial charge in [0.15, 0.2) is 0 Å². The van der Waals surface area contributed by atoms with Gasteiger partial charge in [0.1, 0.15) is 0 Å². The van der Waals surface area contributed by atoms with E-state index in [1.807, 2.05) is 15.9 Å². The summed E-state index contributed by atoms with van der Waals surface area (Å²) in [6, 6.07) is 8.55. The number of hydrogen-bond acceptors (Lipinski definition) is 4. The second kappa shape index (κ2) is 10.8. The molecule has 3 saturated heterocycles. The number of carbonyl (C=O) groups excluding carboxylic acids is 2. The zero-order valence-electron chi connectivity index (χ0n) is 18.7. The molecular formula is C25H36N4O2. The minimum absolute atomic E-state index is 0.0575. The Morgan fingerprint density at radius 2 is 1.32 bits per heavy atom. The first-order valence-corrected chi connectivity index (χ1v) is 12.0. The summed E-state index contributed by atoms with van der Waals surface area (Å²) in [5, 5.41) is 0. The largest absolute Gasteiger partial charge is 0.372 e. The van der Waals surface area contributed by atoms with Crippen molar-refractivity contribution in [3.05, 3.63) is 35.9 Å². The van der Waals surface area contributed by atoms with Gasteiger partial charge < -0.3 is 14.7 Å². The molecule has 6 heteroatoms. The number of anilines is 1. The predicted molar refractivity (Wildman–Crippen MR) is 125 cm³/mol. The Morgan fingerprint density at radius 3 is 1.97 bits per heavy atom. The Labute approximate surface area is 186 Å². The molecule has 0 saturated carbocycles. The van der Waals surface area contributed by atoms with E-state index < -0.39 is 0 Å². The molecule has 1 aromatic carbocycles. The zero-order valence-corrected chi connectivity index (χ0v) is 18.7. The summed E-state index contributed by atoms with van der Waals surface area (Å²) in [6.07, 6.45) is 11.1. The average Bonchev–Trinajstić information content (AvgIpc) is 3.21. The van der Waals surface area contributed by atoms with E-state index in [0.29, 0.717) is 19.6 Å². The number of carbonyl (C=O) groups is 2. The van der Waals surface area contributed by atoms with Crippen molar-refractivity contribution in [1.29, 1.82) is 0 Å². The standard InChI is InChI=1S/C25H36N4O2/c30-24(29-19-17-26(18-20-29)21-25(31)28-15-5-6-16-28)12-9-22-7-10-23(11-8-22)27-13-3-1-2-4-14-27/h7-12H,1-6,13-21H2/b12-9+. The van der Waals surface area contributed by atoms with Crippen LogP contribution in [-0.4, -0.2) is 85.4 Å². The Kier molecular flexibility index (Phi) is 7.62. The van der Waals surface area contributed by atoms with E-state index in [1.165, 1.54) is 31.4 Å². The molecule has 0 bridgehead atoms. The lowest BCUT2D eigenvalue weighted by atomic mass is 10.1. The van der Waals surface area contributed by atoms with Crippen molar-refractivity contribution in [3.8, 4) is 0 Å². The zero-order chi connectivity index (χ0) is 21.5. The van der Waals surface area contributed by atoms with E-state index in [-0.39, 0.29) is 11.8 Å². The van der Waals surface area contributed by atoms with Crippen LogP contribution in [0.2, 0.25) is 0 Å². The first-order chi connectivity index (χ1) is 15.2. The van der Waals surface area contributed by atoms with Gasteiger partial charge in [0.25, 0.3) is 0 Å². The Morgan fingerprint density at radius 1 is 0.710 bits per heavy atom. The third kappa shape index (κ3) is 6.10. The summed E-state index contributed by atoms with van der Waals surface area (Å²) in [5.41, 5.74) is 2.34. The molecule has 3 aliphatic rings. The van der Waals surface area contributed by atoms with Crippen LogP contribution in [0.3, 0.4) is 0 Å². The molecule has 0 aromatic heterocycles. The van der Waals surface area contributed by atoms with Crippen molar-refractivity contribution in [2.24, 2.45) is 0 Å². The Hall–Kier alpha value is -2.34. The van der Waals surface area contributed by atoms with Crippen LogP contribution in [0, 0.1) is 0 Å². The quantitative estimate of drug-likeness (QED) is 0.682. The smallest absolute Gasteiger partial charge is 0.246 e. The number of hydrogen-bond donors (Lipinski definition) is 0. The molecular weight excluding hydrogens is 388 g/mol. The highest BCUT2D eigenvalue weighted by Gasteiger charge is 2.24. The highest BCUT2D eigenvalue weighted by molar-refractivity contribution is 5.92. The number of likely N-dealkylation sites (tertiary alicyclic amines) is 1. The molecule has 0 radical (unpaired) electrons. The van der Waals surface area contributed by atoms with Gasteiger partial charge in [0.05, 0.1) is 6.54 Å². The van der Waals surface area contributed by atoms with Crippen molar-refractivity contribution < 1.29 is 9.59 Å². The van der Waals surface area contributed by atoms with E-state index in [2.05, 4.69) is 34.1 Å². The normalized spacial score (nSPS) is 21.0. The van der Waals surface area contributed by atoms with Crippen molar-refractivity contribution in [1.82, 2.24) is 14.7 Å². The van der Waals surface area contributed by atoms with Gasteiger partial charge in [-0.3, -0.25) is 14.5 Å². The number of nitrogens with zero attached hydrogens (tertiary/aromatic N) is 4. The SMILES string of the molecule is O=C(/C=C/c1ccc(N2CCCCCC2)cc1)N1CCN(CC(=O)N2CCCC2)CC1. The van der Waals surface area contributed by atoms with Gasteiger partial charge in [-0.15, -0.1) is 0 Å². The Bertz CT molecular complexity index is 754. The van der Waals surface area contributed by atoms with Crippen LogP contribution in [0.25, 0.3) is 6.08 Å². The molecule has 0 unspecified atom stereocenters. The van der Waals surface area contributed by atoms with Gasteiger partial charge in [0.2, 0.25) is 11.8 Å². The van der Waals surface area contributed by atoms with Crippen LogP contribution in [0.15, 0.2) is 30.3 Å². The molecule has 0 atom stereocenters. The number of benzene rings is 1. The van der Waals surface area contributed by atoms with Crippen LogP contribution >= 0.6 is 0 Å². The summed E-state index contributed by atoms with van der Waals surface area (Å²) in [5.74, 6) is 0.294. The molecule has 168 valence electrons. The van der Waals surface area contributed by atoms with Crippen LogP contribution in [0.4, 0.5) is 5.69 Å². The molecule has 1 aromatic rings. The van der Waals surface area contributed by atoms with Crippen LogP contribution < -0.4 is 4.90 Å². The third-order valence-corrected chi connectivity index (χ3v) is 6.78. The van der Waals surface area contributed by atoms with Crippen LogP contribution in [-0.2, 0) is 9.59 Å². The fraction of sp³-hybridized carbons (Fsp3) is 0.600. The summed E-state index contributed by atoms with van der Waals surface area (Å²) in [7, 11) is 0. The molecule has 4 rings (SSSR count). The van der Waals surface area contributed by atoms with E-state index >= 15 is 0 Å². The first kappa shape index (κ1) is 21.9. The number of rotatable bonds is 5. The van der Waals surface area contributed by atoms with Gasteiger partial charge in [-0.2, -0.15) is 0 Å². The highest BCUT2D eigenvalue weighted by Crippen LogP contribution is 2.20. The molecule has 3 aliphatic heterocycles. The highest BCUT2D eigenvalue weighted by atomic mass is 16.2. The molecule has 3 heterocycles. The molecule has 0 spiro atoms. The summed E-state index contributed by atoms with van der Waals surface area (Å²) in [4.78, 5) is 33.4. The van der Waals surface area contributed by atoms with Gasteiger partial charge in [-0.05, 0) is 49.5 Å². The van der Waals surface area contributed by atoms with Crippen molar-refractivity contribution in [2.75, 3.05) is 63.8 Å². The maximum absolute atomic E-state index is 12.6. The van der Waals surface area contributed by atoms with E-state index in [4.69, 9.17) is 0 Å².